The van der Waals surface area contributed by atoms with Crippen molar-refractivity contribution >= 4 is 33.5 Å². The third-order valence-electron chi connectivity index (χ3n) is 4.18. The van der Waals surface area contributed by atoms with Crippen LogP contribution in [0.1, 0.15) is 22.8 Å². The molecule has 0 N–H and O–H groups in total. The third-order valence-corrected chi connectivity index (χ3v) is 4.87. The van der Waals surface area contributed by atoms with Crippen molar-refractivity contribution < 1.29 is 19.1 Å². The minimum Gasteiger partial charge on any atom is -0.497 e. The second-order valence-corrected chi connectivity index (χ2v) is 6.62. The van der Waals surface area contributed by atoms with Crippen LogP contribution in [-0.2, 0) is 16.0 Å². The fourth-order valence-corrected chi connectivity index (χ4v) is 3.26. The Labute approximate surface area is 154 Å². The van der Waals surface area contributed by atoms with Gasteiger partial charge in [0.05, 0.1) is 12.7 Å². The molecular formula is C19H18BrNO4. The van der Waals surface area contributed by atoms with Crippen molar-refractivity contribution in [2.45, 2.75) is 19.4 Å². The largest absolute Gasteiger partial charge is 0.497 e. The number of ether oxygens (including phenoxy) is 2. The number of carbonyl (C=O) groups excluding carboxylic acids is 2. The van der Waals surface area contributed by atoms with E-state index in [4.69, 9.17) is 9.47 Å². The molecule has 0 saturated carbocycles. The van der Waals surface area contributed by atoms with Crippen molar-refractivity contribution in [1.82, 2.24) is 0 Å². The van der Waals surface area contributed by atoms with Crippen LogP contribution >= 0.6 is 15.9 Å². The highest BCUT2D eigenvalue weighted by Gasteiger charge is 2.30. The van der Waals surface area contributed by atoms with Crippen LogP contribution in [0.25, 0.3) is 0 Å². The van der Waals surface area contributed by atoms with Crippen LogP contribution in [0, 0.1) is 0 Å². The number of nitrogens with zero attached hydrogens (tertiary/aromatic N) is 1. The normalized spacial score (nSPS) is 14.0. The molecule has 25 heavy (non-hydrogen) atoms. The van der Waals surface area contributed by atoms with Gasteiger partial charge in [-0.25, -0.2) is 4.79 Å². The van der Waals surface area contributed by atoms with E-state index < -0.39 is 12.1 Å². The summed E-state index contributed by atoms with van der Waals surface area (Å²) in [5.74, 6) is -0.251. The summed E-state index contributed by atoms with van der Waals surface area (Å²) in [4.78, 5) is 26.8. The Morgan fingerprint density at radius 3 is 2.72 bits per heavy atom. The lowest BCUT2D eigenvalue weighted by atomic mass is 10.2. The molecule has 0 saturated heterocycles. The zero-order valence-electron chi connectivity index (χ0n) is 14.0. The maximum Gasteiger partial charge on any atom is 0.340 e. The van der Waals surface area contributed by atoms with E-state index in [9.17, 15) is 9.59 Å². The standard InChI is InChI=1S/C19H18BrNO4/c1-12(18(22)21-10-9-13-5-3-4-6-17(13)21)25-19(23)15-11-14(24-2)7-8-16(15)20/h3-8,11-12H,9-10H2,1-2H3/t12-/m0/s1. The first-order valence-electron chi connectivity index (χ1n) is 7.95. The van der Waals surface area contributed by atoms with Gasteiger partial charge in [-0.1, -0.05) is 18.2 Å². The van der Waals surface area contributed by atoms with Gasteiger partial charge in [-0.15, -0.1) is 0 Å². The van der Waals surface area contributed by atoms with Crippen LogP contribution in [0.15, 0.2) is 46.9 Å². The number of methoxy groups -OCH3 is 1. The summed E-state index contributed by atoms with van der Waals surface area (Å²) >= 11 is 3.32. The Bertz CT molecular complexity index is 821. The first-order valence-corrected chi connectivity index (χ1v) is 8.74. The summed E-state index contributed by atoms with van der Waals surface area (Å²) in [5.41, 5.74) is 2.34. The highest BCUT2D eigenvalue weighted by atomic mass is 79.9. The summed E-state index contributed by atoms with van der Waals surface area (Å²) in [6, 6.07) is 12.8. The molecule has 0 bridgehead atoms. The fraction of sp³-hybridized carbons (Fsp3) is 0.263. The molecule has 2 aromatic rings. The maximum absolute atomic E-state index is 12.7. The number of halogens is 1. The van der Waals surface area contributed by atoms with Gasteiger partial charge < -0.3 is 14.4 Å². The number of benzene rings is 2. The molecule has 3 rings (SSSR count). The number of amides is 1. The Kier molecular flexibility index (Phi) is 5.08. The zero-order chi connectivity index (χ0) is 18.0. The van der Waals surface area contributed by atoms with Gasteiger partial charge in [-0.2, -0.15) is 0 Å². The predicted octanol–water partition coefficient (Wildman–Crippen LogP) is 3.59. The number of rotatable bonds is 4. The number of para-hydroxylation sites is 1. The first kappa shape index (κ1) is 17.5. The topological polar surface area (TPSA) is 55.8 Å². The van der Waals surface area contributed by atoms with Crippen molar-refractivity contribution in [2.75, 3.05) is 18.6 Å². The van der Waals surface area contributed by atoms with E-state index in [1.54, 1.807) is 30.0 Å². The molecule has 0 fully saturated rings. The number of anilines is 1. The molecule has 1 heterocycles. The van der Waals surface area contributed by atoms with Crippen molar-refractivity contribution in [1.29, 1.82) is 0 Å². The number of carbonyl (C=O) groups is 2. The summed E-state index contributed by atoms with van der Waals surface area (Å²) in [7, 11) is 1.52. The molecule has 130 valence electrons. The molecule has 2 aromatic carbocycles. The van der Waals surface area contributed by atoms with Crippen LogP contribution in [0.3, 0.4) is 0 Å². The van der Waals surface area contributed by atoms with E-state index in [2.05, 4.69) is 15.9 Å². The summed E-state index contributed by atoms with van der Waals surface area (Å²) in [5, 5.41) is 0. The van der Waals surface area contributed by atoms with E-state index in [-0.39, 0.29) is 5.91 Å². The maximum atomic E-state index is 12.7. The van der Waals surface area contributed by atoms with Crippen LogP contribution in [0.4, 0.5) is 5.69 Å². The summed E-state index contributed by atoms with van der Waals surface area (Å²) in [6.45, 7) is 2.19. The van der Waals surface area contributed by atoms with E-state index in [1.807, 2.05) is 24.3 Å². The predicted molar refractivity (Wildman–Crippen MR) is 98.1 cm³/mol. The van der Waals surface area contributed by atoms with E-state index in [0.717, 1.165) is 17.7 Å². The Balaban J connectivity index is 1.73. The third kappa shape index (κ3) is 3.54. The lowest BCUT2D eigenvalue weighted by Gasteiger charge is -2.22. The molecule has 5 nitrogen and oxygen atoms in total. The molecular weight excluding hydrogens is 386 g/mol. The molecule has 1 amide bonds. The van der Waals surface area contributed by atoms with Gasteiger partial charge in [-0.3, -0.25) is 4.79 Å². The molecule has 0 radical (unpaired) electrons. The van der Waals surface area contributed by atoms with Gasteiger partial charge in [-0.05, 0) is 59.1 Å². The highest BCUT2D eigenvalue weighted by molar-refractivity contribution is 9.10. The van der Waals surface area contributed by atoms with E-state index in [0.29, 0.717) is 22.3 Å². The summed E-state index contributed by atoms with van der Waals surface area (Å²) in [6.07, 6.45) is -0.0685. The quantitative estimate of drug-likeness (QED) is 0.731. The smallest absolute Gasteiger partial charge is 0.340 e. The van der Waals surface area contributed by atoms with E-state index >= 15 is 0 Å². The number of hydrogen-bond acceptors (Lipinski definition) is 4. The van der Waals surface area contributed by atoms with Gasteiger partial charge in [0.2, 0.25) is 0 Å². The monoisotopic (exact) mass is 403 g/mol. The van der Waals surface area contributed by atoms with Gasteiger partial charge in [0.15, 0.2) is 6.10 Å². The average Bonchev–Trinajstić information content (AvgIpc) is 3.05. The minimum atomic E-state index is -0.878. The second-order valence-electron chi connectivity index (χ2n) is 5.76. The van der Waals surface area contributed by atoms with Gasteiger partial charge in [0.25, 0.3) is 5.91 Å². The number of esters is 1. The van der Waals surface area contributed by atoms with Gasteiger partial charge in [0, 0.05) is 16.7 Å². The SMILES string of the molecule is COc1ccc(Br)c(C(=O)O[C@@H](C)C(=O)N2CCc3ccccc32)c1. The Hall–Kier alpha value is -2.34. The number of fused-ring (bicyclic) bond motifs is 1. The molecule has 0 unspecified atom stereocenters. The van der Waals surface area contributed by atoms with E-state index in [1.165, 1.54) is 7.11 Å². The minimum absolute atomic E-state index is 0.225. The molecule has 0 aliphatic carbocycles. The van der Waals surface area contributed by atoms with Crippen LogP contribution in [-0.4, -0.2) is 31.6 Å². The average molecular weight is 404 g/mol. The number of hydrogen-bond donors (Lipinski definition) is 0. The molecule has 1 aliphatic rings. The first-order chi connectivity index (χ1) is 12.0. The lowest BCUT2D eigenvalue weighted by molar-refractivity contribution is -0.126. The molecule has 6 heteroatoms. The second kappa shape index (κ2) is 7.27. The van der Waals surface area contributed by atoms with Crippen LogP contribution < -0.4 is 9.64 Å². The fourth-order valence-electron chi connectivity index (χ4n) is 2.85. The van der Waals surface area contributed by atoms with Gasteiger partial charge >= 0.3 is 5.97 Å². The lowest BCUT2D eigenvalue weighted by Crippen LogP contribution is -2.39. The van der Waals surface area contributed by atoms with Crippen molar-refractivity contribution in [3.63, 3.8) is 0 Å². The molecule has 1 aliphatic heterocycles. The Morgan fingerprint density at radius 2 is 1.96 bits per heavy atom. The van der Waals surface area contributed by atoms with Crippen LogP contribution in [0.5, 0.6) is 5.75 Å². The highest BCUT2D eigenvalue weighted by Crippen LogP contribution is 2.29. The molecule has 1 atom stereocenters. The zero-order valence-corrected chi connectivity index (χ0v) is 15.6. The van der Waals surface area contributed by atoms with Crippen molar-refractivity contribution in [3.8, 4) is 5.75 Å². The van der Waals surface area contributed by atoms with Crippen molar-refractivity contribution in [3.05, 3.63) is 58.1 Å². The molecule has 0 spiro atoms. The summed E-state index contributed by atoms with van der Waals surface area (Å²) < 4.78 is 11.1. The van der Waals surface area contributed by atoms with Crippen LogP contribution in [0.2, 0.25) is 0 Å². The van der Waals surface area contributed by atoms with Crippen molar-refractivity contribution in [2.24, 2.45) is 0 Å². The molecule has 0 aromatic heterocycles. The van der Waals surface area contributed by atoms with Gasteiger partial charge in [0.1, 0.15) is 5.75 Å². The Morgan fingerprint density at radius 1 is 1.20 bits per heavy atom.